The van der Waals surface area contributed by atoms with Crippen LogP contribution in [0.25, 0.3) is 0 Å². The first kappa shape index (κ1) is 18.3. The largest absolute Gasteiger partial charge is 0.497 e. The summed E-state index contributed by atoms with van der Waals surface area (Å²) in [6, 6.07) is 7.41. The van der Waals surface area contributed by atoms with Crippen LogP contribution in [0.2, 0.25) is 0 Å². The van der Waals surface area contributed by atoms with E-state index in [0.717, 1.165) is 43.7 Å². The summed E-state index contributed by atoms with van der Waals surface area (Å²) in [4.78, 5) is 34.5. The lowest BCUT2D eigenvalue weighted by Crippen LogP contribution is -2.36. The van der Waals surface area contributed by atoms with Crippen molar-refractivity contribution in [1.29, 1.82) is 0 Å². The highest BCUT2D eigenvalue weighted by atomic mass is 16.5. The fourth-order valence-corrected chi connectivity index (χ4v) is 3.59. The van der Waals surface area contributed by atoms with E-state index in [0.29, 0.717) is 19.6 Å². The second-order valence-corrected chi connectivity index (χ2v) is 7.09. The molecule has 3 aliphatic rings. The molecule has 8 nitrogen and oxygen atoms in total. The number of carbonyl (C=O) groups is 2. The molecule has 8 heteroatoms. The number of hydrogen-bond acceptors (Lipinski definition) is 5. The molecule has 3 heterocycles. The average molecular weight is 384 g/mol. The summed E-state index contributed by atoms with van der Waals surface area (Å²) in [6.45, 7) is 2.93. The molecule has 0 spiro atoms. The highest BCUT2D eigenvalue weighted by molar-refractivity contribution is 6.00. The predicted octanol–water partition coefficient (Wildman–Crippen LogP) is 2.17. The lowest BCUT2D eigenvalue weighted by atomic mass is 10.1. The minimum atomic E-state index is -0.375. The fraction of sp³-hybridized carbons (Fsp3) is 0.450. The number of amides is 3. The Morgan fingerprint density at radius 3 is 2.79 bits per heavy atom. The number of ether oxygens (including phenoxy) is 2. The monoisotopic (exact) mass is 384 g/mol. The third kappa shape index (κ3) is 3.81. The van der Waals surface area contributed by atoms with E-state index >= 15 is 0 Å². The van der Waals surface area contributed by atoms with Crippen molar-refractivity contribution in [2.75, 3.05) is 33.3 Å². The van der Waals surface area contributed by atoms with E-state index in [1.807, 2.05) is 24.3 Å². The third-order valence-electron chi connectivity index (χ3n) is 5.15. The van der Waals surface area contributed by atoms with Crippen LogP contribution >= 0.6 is 0 Å². The number of amidine groups is 1. The van der Waals surface area contributed by atoms with Gasteiger partial charge in [0.2, 0.25) is 5.76 Å². The number of likely N-dealkylation sites (tertiary alicyclic amines) is 1. The molecule has 0 radical (unpaired) electrons. The zero-order chi connectivity index (χ0) is 19.5. The molecule has 0 saturated carbocycles. The standard InChI is InChI=1S/C20H24N4O4/c1-27-16-7-5-6-15(12-16)13-23-10-11-24-14-17(28-20(24)21-19(23)26)18(25)22-8-3-2-4-9-22/h5-7,12,14H,2-4,8-11,13H2,1H3. The van der Waals surface area contributed by atoms with Gasteiger partial charge in [-0.15, -0.1) is 4.99 Å². The van der Waals surface area contributed by atoms with Crippen molar-refractivity contribution in [1.82, 2.24) is 14.7 Å². The Kier molecular flexibility index (Phi) is 5.18. The Balaban J connectivity index is 1.42. The minimum Gasteiger partial charge on any atom is -0.497 e. The maximum atomic E-state index is 12.6. The number of piperidine rings is 1. The molecule has 0 unspecified atom stereocenters. The number of aliphatic imine (C=N–C) groups is 1. The van der Waals surface area contributed by atoms with Gasteiger partial charge in [-0.2, -0.15) is 0 Å². The molecule has 3 amide bonds. The zero-order valence-corrected chi connectivity index (χ0v) is 16.0. The molecule has 0 N–H and O–H groups in total. The molecule has 148 valence electrons. The van der Waals surface area contributed by atoms with Gasteiger partial charge in [-0.05, 0) is 37.0 Å². The van der Waals surface area contributed by atoms with E-state index in [1.165, 1.54) is 0 Å². The Labute approximate surface area is 164 Å². The van der Waals surface area contributed by atoms with Crippen LogP contribution < -0.4 is 4.74 Å². The number of urea groups is 1. The van der Waals surface area contributed by atoms with Crippen LogP contribution in [-0.2, 0) is 16.1 Å². The van der Waals surface area contributed by atoms with Crippen LogP contribution in [0.15, 0.2) is 41.2 Å². The van der Waals surface area contributed by atoms with Crippen molar-refractivity contribution in [2.45, 2.75) is 25.8 Å². The van der Waals surface area contributed by atoms with E-state index in [-0.39, 0.29) is 23.7 Å². The van der Waals surface area contributed by atoms with Crippen molar-refractivity contribution in [3.63, 3.8) is 0 Å². The summed E-state index contributed by atoms with van der Waals surface area (Å²) in [5.41, 5.74) is 0.965. The predicted molar refractivity (Wildman–Crippen MR) is 103 cm³/mol. The van der Waals surface area contributed by atoms with E-state index in [9.17, 15) is 9.59 Å². The summed E-state index contributed by atoms with van der Waals surface area (Å²) >= 11 is 0. The maximum absolute atomic E-state index is 12.6. The van der Waals surface area contributed by atoms with E-state index in [4.69, 9.17) is 9.47 Å². The van der Waals surface area contributed by atoms with Crippen LogP contribution in [-0.4, -0.2) is 65.9 Å². The molecule has 0 aromatic heterocycles. The van der Waals surface area contributed by atoms with Gasteiger partial charge in [-0.3, -0.25) is 9.69 Å². The van der Waals surface area contributed by atoms with Gasteiger partial charge in [0.15, 0.2) is 0 Å². The van der Waals surface area contributed by atoms with Crippen molar-refractivity contribution in [2.24, 2.45) is 4.99 Å². The first-order chi connectivity index (χ1) is 13.6. The summed E-state index contributed by atoms with van der Waals surface area (Å²) in [5, 5.41) is 0. The SMILES string of the molecule is COc1cccc(CN2CCN3C=C(C(=O)N4CCCCC4)OC3=NC2=O)c1. The number of hydrogen-bond donors (Lipinski definition) is 0. The number of rotatable bonds is 4. The Hall–Kier alpha value is -3.03. The molecule has 3 aliphatic heterocycles. The summed E-state index contributed by atoms with van der Waals surface area (Å²) < 4.78 is 10.9. The zero-order valence-electron chi connectivity index (χ0n) is 16.0. The highest BCUT2D eigenvalue weighted by Crippen LogP contribution is 2.22. The van der Waals surface area contributed by atoms with Gasteiger partial charge in [0.25, 0.3) is 5.91 Å². The number of carbonyl (C=O) groups excluding carboxylic acids is 2. The topological polar surface area (TPSA) is 74.7 Å². The molecular weight excluding hydrogens is 360 g/mol. The van der Waals surface area contributed by atoms with Gasteiger partial charge in [-0.1, -0.05) is 12.1 Å². The first-order valence-electron chi connectivity index (χ1n) is 9.60. The first-order valence-corrected chi connectivity index (χ1v) is 9.60. The Morgan fingerprint density at radius 2 is 2.00 bits per heavy atom. The summed E-state index contributed by atoms with van der Waals surface area (Å²) in [7, 11) is 1.61. The van der Waals surface area contributed by atoms with Crippen LogP contribution in [0.3, 0.4) is 0 Å². The number of methoxy groups -OCH3 is 1. The summed E-state index contributed by atoms with van der Waals surface area (Å²) in [5.74, 6) is 0.865. The fourth-order valence-electron chi connectivity index (χ4n) is 3.59. The van der Waals surface area contributed by atoms with Crippen molar-refractivity contribution in [3.05, 3.63) is 41.8 Å². The molecule has 4 rings (SSSR count). The second kappa shape index (κ2) is 7.92. The van der Waals surface area contributed by atoms with Gasteiger partial charge < -0.3 is 19.3 Å². The molecule has 28 heavy (non-hydrogen) atoms. The Morgan fingerprint density at radius 1 is 1.18 bits per heavy atom. The Bertz CT molecular complexity index is 829. The van der Waals surface area contributed by atoms with Gasteiger partial charge >= 0.3 is 12.1 Å². The lowest BCUT2D eigenvalue weighted by Gasteiger charge is -2.26. The minimum absolute atomic E-state index is 0.129. The second-order valence-electron chi connectivity index (χ2n) is 7.09. The highest BCUT2D eigenvalue weighted by Gasteiger charge is 2.33. The van der Waals surface area contributed by atoms with Crippen LogP contribution in [0.4, 0.5) is 4.79 Å². The van der Waals surface area contributed by atoms with Gasteiger partial charge in [0.05, 0.1) is 13.3 Å². The maximum Gasteiger partial charge on any atom is 0.348 e. The lowest BCUT2D eigenvalue weighted by molar-refractivity contribution is -0.130. The number of fused-ring (bicyclic) bond motifs is 1. The van der Waals surface area contributed by atoms with Crippen molar-refractivity contribution >= 4 is 18.0 Å². The molecule has 0 atom stereocenters. The van der Waals surface area contributed by atoms with Gasteiger partial charge in [0.1, 0.15) is 5.75 Å². The molecule has 0 bridgehead atoms. The van der Waals surface area contributed by atoms with E-state index < -0.39 is 0 Å². The molecular formula is C20H24N4O4. The van der Waals surface area contributed by atoms with Crippen molar-refractivity contribution in [3.8, 4) is 5.75 Å². The molecule has 1 aromatic rings. The molecule has 1 saturated heterocycles. The van der Waals surface area contributed by atoms with Gasteiger partial charge in [0, 0.05) is 32.7 Å². The number of benzene rings is 1. The normalized spacial score (nSPS) is 19.5. The third-order valence-corrected chi connectivity index (χ3v) is 5.15. The van der Waals surface area contributed by atoms with E-state index in [1.54, 1.807) is 28.0 Å². The van der Waals surface area contributed by atoms with Crippen LogP contribution in [0.1, 0.15) is 24.8 Å². The quantitative estimate of drug-likeness (QED) is 0.795. The number of nitrogens with zero attached hydrogens (tertiary/aromatic N) is 4. The molecule has 1 aromatic carbocycles. The smallest absolute Gasteiger partial charge is 0.348 e. The van der Waals surface area contributed by atoms with Crippen LogP contribution in [0.5, 0.6) is 5.75 Å². The molecule has 0 aliphatic carbocycles. The van der Waals surface area contributed by atoms with Gasteiger partial charge in [-0.25, -0.2) is 4.79 Å². The average Bonchev–Trinajstić information content (AvgIpc) is 3.07. The summed E-state index contributed by atoms with van der Waals surface area (Å²) in [6.07, 6.45) is 4.85. The molecule has 1 fully saturated rings. The van der Waals surface area contributed by atoms with Crippen LogP contribution in [0, 0.1) is 0 Å². The van der Waals surface area contributed by atoms with E-state index in [2.05, 4.69) is 4.99 Å². The van der Waals surface area contributed by atoms with Crippen molar-refractivity contribution < 1.29 is 19.1 Å².